The first kappa shape index (κ1) is 18.5. The van der Waals surface area contributed by atoms with Gasteiger partial charge in [-0.05, 0) is 50.2 Å². The van der Waals surface area contributed by atoms with E-state index in [0.717, 1.165) is 6.07 Å². The van der Waals surface area contributed by atoms with E-state index in [1.165, 1.54) is 42.5 Å². The van der Waals surface area contributed by atoms with Crippen molar-refractivity contribution < 1.29 is 22.8 Å². The number of carbonyl (C=O) groups excluding carboxylic acids is 2. The average Bonchev–Trinajstić information content (AvgIpc) is 2.54. The Labute approximate surface area is 143 Å². The SMILES string of the molecule is CC(C)NC(=O)c1ccc(C(=O)Nc2ccccc2C(F)(F)F)cc1. The number of hydrogen-bond donors (Lipinski definition) is 2. The fourth-order valence-corrected chi connectivity index (χ4v) is 2.15. The molecule has 0 atom stereocenters. The number of rotatable bonds is 4. The summed E-state index contributed by atoms with van der Waals surface area (Å²) in [5.41, 5.74) is -0.725. The smallest absolute Gasteiger partial charge is 0.350 e. The molecule has 0 radical (unpaired) electrons. The van der Waals surface area contributed by atoms with Gasteiger partial charge in [-0.2, -0.15) is 13.2 Å². The minimum absolute atomic E-state index is 0.0330. The number of alkyl halides is 3. The second-order valence-electron chi connectivity index (χ2n) is 5.70. The van der Waals surface area contributed by atoms with E-state index in [1.54, 1.807) is 0 Å². The van der Waals surface area contributed by atoms with E-state index in [-0.39, 0.29) is 23.2 Å². The van der Waals surface area contributed by atoms with E-state index < -0.39 is 17.6 Å². The molecule has 0 saturated heterocycles. The van der Waals surface area contributed by atoms with Crippen molar-refractivity contribution in [2.45, 2.75) is 26.1 Å². The number of benzene rings is 2. The van der Waals surface area contributed by atoms with Crippen LogP contribution in [0.1, 0.15) is 40.1 Å². The van der Waals surface area contributed by atoms with Crippen LogP contribution in [0.2, 0.25) is 0 Å². The van der Waals surface area contributed by atoms with Crippen LogP contribution in [0.15, 0.2) is 48.5 Å². The first-order chi connectivity index (χ1) is 11.7. The molecule has 0 unspecified atom stereocenters. The summed E-state index contributed by atoms with van der Waals surface area (Å²) in [6, 6.07) is 10.4. The van der Waals surface area contributed by atoms with Crippen LogP contribution in [0, 0.1) is 0 Å². The molecule has 0 aromatic heterocycles. The highest BCUT2D eigenvalue weighted by Crippen LogP contribution is 2.34. The molecular weight excluding hydrogens is 333 g/mol. The van der Waals surface area contributed by atoms with E-state index in [0.29, 0.717) is 5.56 Å². The van der Waals surface area contributed by atoms with Gasteiger partial charge in [0.15, 0.2) is 0 Å². The van der Waals surface area contributed by atoms with Gasteiger partial charge in [-0.15, -0.1) is 0 Å². The lowest BCUT2D eigenvalue weighted by atomic mass is 10.1. The standard InChI is InChI=1S/C18H17F3N2O2/c1-11(2)22-16(24)12-7-9-13(10-8-12)17(25)23-15-6-4-3-5-14(15)18(19,20)21/h3-11H,1-2H3,(H,22,24)(H,23,25). The number of halogens is 3. The molecule has 2 N–H and O–H groups in total. The van der Waals surface area contributed by atoms with Crippen molar-refractivity contribution in [3.63, 3.8) is 0 Å². The molecule has 2 rings (SSSR count). The van der Waals surface area contributed by atoms with E-state index in [4.69, 9.17) is 0 Å². The average molecular weight is 350 g/mol. The number of para-hydroxylation sites is 1. The maximum atomic E-state index is 13.0. The van der Waals surface area contributed by atoms with E-state index in [9.17, 15) is 22.8 Å². The highest BCUT2D eigenvalue weighted by atomic mass is 19.4. The molecule has 25 heavy (non-hydrogen) atoms. The van der Waals surface area contributed by atoms with Crippen molar-refractivity contribution in [3.8, 4) is 0 Å². The van der Waals surface area contributed by atoms with Gasteiger partial charge >= 0.3 is 6.18 Å². The van der Waals surface area contributed by atoms with E-state index in [1.807, 2.05) is 13.8 Å². The minimum Gasteiger partial charge on any atom is -0.350 e. The van der Waals surface area contributed by atoms with Gasteiger partial charge in [0.25, 0.3) is 11.8 Å². The van der Waals surface area contributed by atoms with Crippen LogP contribution in [0.25, 0.3) is 0 Å². The maximum Gasteiger partial charge on any atom is 0.418 e. The first-order valence-electron chi connectivity index (χ1n) is 7.57. The summed E-state index contributed by atoms with van der Waals surface area (Å²) in [5.74, 6) is -0.975. The van der Waals surface area contributed by atoms with Gasteiger partial charge in [0, 0.05) is 17.2 Å². The van der Waals surface area contributed by atoms with Crippen molar-refractivity contribution in [1.29, 1.82) is 0 Å². The molecule has 0 saturated carbocycles. The fraction of sp³-hybridized carbons (Fsp3) is 0.222. The van der Waals surface area contributed by atoms with Crippen molar-refractivity contribution in [2.75, 3.05) is 5.32 Å². The Hall–Kier alpha value is -2.83. The van der Waals surface area contributed by atoms with Gasteiger partial charge in [-0.3, -0.25) is 9.59 Å². The Balaban J connectivity index is 2.16. The third-order valence-electron chi connectivity index (χ3n) is 3.31. The zero-order valence-corrected chi connectivity index (χ0v) is 13.6. The number of anilines is 1. The van der Waals surface area contributed by atoms with Crippen LogP contribution >= 0.6 is 0 Å². The molecule has 2 amide bonds. The Morgan fingerprint density at radius 3 is 1.92 bits per heavy atom. The summed E-state index contributed by atoms with van der Waals surface area (Å²) in [7, 11) is 0. The Bertz CT molecular complexity index is 769. The van der Waals surface area contributed by atoms with Gasteiger partial charge in [0.05, 0.1) is 11.3 Å². The summed E-state index contributed by atoms with van der Waals surface area (Å²) >= 11 is 0. The molecule has 7 heteroatoms. The van der Waals surface area contributed by atoms with E-state index >= 15 is 0 Å². The third-order valence-corrected chi connectivity index (χ3v) is 3.31. The number of carbonyl (C=O) groups is 2. The highest BCUT2D eigenvalue weighted by molar-refractivity contribution is 6.05. The number of nitrogens with one attached hydrogen (secondary N) is 2. The van der Waals surface area contributed by atoms with Crippen LogP contribution in [0.4, 0.5) is 18.9 Å². The molecule has 0 bridgehead atoms. The Morgan fingerprint density at radius 1 is 0.880 bits per heavy atom. The van der Waals surface area contributed by atoms with Crippen molar-refractivity contribution in [3.05, 3.63) is 65.2 Å². The lowest BCUT2D eigenvalue weighted by Gasteiger charge is -2.13. The summed E-state index contributed by atoms with van der Waals surface area (Å²) in [6.07, 6.45) is -4.57. The summed E-state index contributed by atoms with van der Waals surface area (Å²) in [6.45, 7) is 3.63. The van der Waals surface area contributed by atoms with Crippen LogP contribution in [-0.4, -0.2) is 17.9 Å². The molecule has 0 aliphatic heterocycles. The molecule has 0 spiro atoms. The monoisotopic (exact) mass is 350 g/mol. The quantitative estimate of drug-likeness (QED) is 0.872. The summed E-state index contributed by atoms with van der Waals surface area (Å²) in [5, 5.41) is 4.96. The molecule has 0 aliphatic rings. The topological polar surface area (TPSA) is 58.2 Å². The van der Waals surface area contributed by atoms with Crippen molar-refractivity contribution in [2.24, 2.45) is 0 Å². The molecule has 4 nitrogen and oxygen atoms in total. The van der Waals surface area contributed by atoms with Gasteiger partial charge in [-0.25, -0.2) is 0 Å². The van der Waals surface area contributed by atoms with Crippen LogP contribution in [0.3, 0.4) is 0 Å². The van der Waals surface area contributed by atoms with Gasteiger partial charge in [0.2, 0.25) is 0 Å². The largest absolute Gasteiger partial charge is 0.418 e. The Morgan fingerprint density at radius 2 is 1.40 bits per heavy atom. The normalized spacial score (nSPS) is 11.3. The second kappa shape index (κ2) is 7.38. The predicted molar refractivity (Wildman–Crippen MR) is 88.4 cm³/mol. The maximum absolute atomic E-state index is 13.0. The lowest BCUT2D eigenvalue weighted by Crippen LogP contribution is -2.30. The number of hydrogen-bond acceptors (Lipinski definition) is 2. The Kier molecular flexibility index (Phi) is 5.46. The number of amides is 2. The third kappa shape index (κ3) is 4.82. The predicted octanol–water partition coefficient (Wildman–Crippen LogP) is 4.10. The van der Waals surface area contributed by atoms with Gasteiger partial charge in [-0.1, -0.05) is 12.1 Å². The zero-order valence-electron chi connectivity index (χ0n) is 13.6. The van der Waals surface area contributed by atoms with Crippen molar-refractivity contribution in [1.82, 2.24) is 5.32 Å². The molecular formula is C18H17F3N2O2. The van der Waals surface area contributed by atoms with Crippen LogP contribution in [0.5, 0.6) is 0 Å². The molecule has 0 aliphatic carbocycles. The molecule has 132 valence electrons. The van der Waals surface area contributed by atoms with Crippen LogP contribution < -0.4 is 10.6 Å². The van der Waals surface area contributed by atoms with Gasteiger partial charge in [0.1, 0.15) is 0 Å². The summed E-state index contributed by atoms with van der Waals surface area (Å²) < 4.78 is 38.9. The highest BCUT2D eigenvalue weighted by Gasteiger charge is 2.33. The molecule has 0 fully saturated rings. The zero-order chi connectivity index (χ0) is 18.6. The fourth-order valence-electron chi connectivity index (χ4n) is 2.15. The molecule has 2 aromatic carbocycles. The van der Waals surface area contributed by atoms with E-state index in [2.05, 4.69) is 10.6 Å². The molecule has 2 aromatic rings. The summed E-state index contributed by atoms with van der Waals surface area (Å²) in [4.78, 5) is 24.0. The van der Waals surface area contributed by atoms with Crippen molar-refractivity contribution >= 4 is 17.5 Å². The van der Waals surface area contributed by atoms with Gasteiger partial charge < -0.3 is 10.6 Å². The molecule has 0 heterocycles. The minimum atomic E-state index is -4.57. The lowest BCUT2D eigenvalue weighted by molar-refractivity contribution is -0.136. The van der Waals surface area contributed by atoms with Crippen LogP contribution in [-0.2, 0) is 6.18 Å². The second-order valence-corrected chi connectivity index (χ2v) is 5.70. The first-order valence-corrected chi connectivity index (χ1v) is 7.57.